The quantitative estimate of drug-likeness (QED) is 0.530. The van der Waals surface area contributed by atoms with E-state index in [-0.39, 0.29) is 0 Å². The highest BCUT2D eigenvalue weighted by Crippen LogP contribution is 2.30. The van der Waals surface area contributed by atoms with Crippen molar-refractivity contribution in [2.75, 3.05) is 20.0 Å². The normalized spacial score (nSPS) is 10.8. The molecule has 0 fully saturated rings. The number of ether oxygens (including phenoxy) is 2. The number of nitrogens with two attached hydrogens (primary N) is 1. The van der Waals surface area contributed by atoms with Gasteiger partial charge in [-0.25, -0.2) is 0 Å². The van der Waals surface area contributed by atoms with Gasteiger partial charge >= 0.3 is 0 Å². The van der Waals surface area contributed by atoms with Crippen molar-refractivity contribution in [3.8, 4) is 17.6 Å². The van der Waals surface area contributed by atoms with Crippen LogP contribution in [0.15, 0.2) is 42.5 Å². The Bertz CT molecular complexity index is 698. The van der Waals surface area contributed by atoms with E-state index < -0.39 is 0 Å². The molecule has 2 rings (SSSR count). The molecule has 4 nitrogen and oxygen atoms in total. The summed E-state index contributed by atoms with van der Waals surface area (Å²) in [6.07, 6.45) is 1.81. The third-order valence-corrected chi connectivity index (χ3v) is 3.06. The van der Waals surface area contributed by atoms with Crippen molar-refractivity contribution in [1.82, 2.24) is 0 Å². The topological polar surface area (TPSA) is 68.3 Å². The lowest BCUT2D eigenvalue weighted by Gasteiger charge is -2.09. The lowest BCUT2D eigenvalue weighted by atomic mass is 10.0. The van der Waals surface area contributed by atoms with Gasteiger partial charge in [0, 0.05) is 5.69 Å². The first-order valence-corrected chi connectivity index (χ1v) is 6.37. The standard InChI is InChI=1S/C17H16N2O2/c1-20-16-8-5-13(10-17(16)21-2)14(11-18)9-12-3-6-15(19)7-4-12/h3-10H,19H2,1-2H3. The van der Waals surface area contributed by atoms with E-state index in [4.69, 9.17) is 15.2 Å². The molecule has 106 valence electrons. The van der Waals surface area contributed by atoms with Crippen LogP contribution in [-0.4, -0.2) is 14.2 Å². The SMILES string of the molecule is COc1ccc(C(C#N)=Cc2ccc(N)cc2)cc1OC. The maximum Gasteiger partial charge on any atom is 0.161 e. The molecule has 0 saturated heterocycles. The Hall–Kier alpha value is -2.93. The fraction of sp³-hybridized carbons (Fsp3) is 0.118. The summed E-state index contributed by atoms with van der Waals surface area (Å²) in [5, 5.41) is 9.37. The zero-order chi connectivity index (χ0) is 15.2. The number of anilines is 1. The number of rotatable bonds is 4. The Balaban J connectivity index is 2.42. The van der Waals surface area contributed by atoms with Crippen LogP contribution in [0.4, 0.5) is 5.69 Å². The van der Waals surface area contributed by atoms with Gasteiger partial charge in [-0.1, -0.05) is 12.1 Å². The average Bonchev–Trinajstić information content (AvgIpc) is 2.53. The number of hydrogen-bond donors (Lipinski definition) is 1. The molecule has 0 spiro atoms. The van der Waals surface area contributed by atoms with Crippen molar-refractivity contribution in [2.45, 2.75) is 0 Å². The first kappa shape index (κ1) is 14.5. The Labute approximate surface area is 124 Å². The summed E-state index contributed by atoms with van der Waals surface area (Å²) in [7, 11) is 3.14. The molecular weight excluding hydrogens is 264 g/mol. The highest BCUT2D eigenvalue weighted by Gasteiger charge is 2.08. The summed E-state index contributed by atoms with van der Waals surface area (Å²) in [6, 6.07) is 14.9. The van der Waals surface area contributed by atoms with Crippen LogP contribution in [0.2, 0.25) is 0 Å². The minimum absolute atomic E-state index is 0.542. The van der Waals surface area contributed by atoms with E-state index in [9.17, 15) is 5.26 Å². The number of nitrogens with zero attached hydrogens (tertiary/aromatic N) is 1. The van der Waals surface area contributed by atoms with Gasteiger partial charge in [0.1, 0.15) is 0 Å². The van der Waals surface area contributed by atoms with Gasteiger partial charge < -0.3 is 15.2 Å². The zero-order valence-corrected chi connectivity index (χ0v) is 12.0. The third kappa shape index (κ3) is 3.34. The van der Waals surface area contributed by atoms with Gasteiger partial charge in [0.2, 0.25) is 0 Å². The molecule has 0 aliphatic rings. The average molecular weight is 280 g/mol. The van der Waals surface area contributed by atoms with Gasteiger partial charge in [-0.15, -0.1) is 0 Å². The van der Waals surface area contributed by atoms with E-state index in [2.05, 4.69) is 6.07 Å². The molecule has 2 aromatic rings. The van der Waals surface area contributed by atoms with Gasteiger partial charge in [-0.05, 0) is 47.5 Å². The number of allylic oxidation sites excluding steroid dienone is 1. The van der Waals surface area contributed by atoms with Gasteiger partial charge in [-0.3, -0.25) is 0 Å². The van der Waals surface area contributed by atoms with Crippen molar-refractivity contribution < 1.29 is 9.47 Å². The lowest BCUT2D eigenvalue weighted by molar-refractivity contribution is 0.355. The molecule has 0 unspecified atom stereocenters. The maximum absolute atomic E-state index is 9.37. The van der Waals surface area contributed by atoms with E-state index in [0.717, 1.165) is 11.1 Å². The summed E-state index contributed by atoms with van der Waals surface area (Å²) in [6.45, 7) is 0. The van der Waals surface area contributed by atoms with Crippen LogP contribution in [-0.2, 0) is 0 Å². The van der Waals surface area contributed by atoms with Crippen molar-refractivity contribution >= 4 is 17.3 Å². The Kier molecular flexibility index (Phi) is 4.47. The molecule has 0 atom stereocenters. The molecule has 0 saturated carbocycles. The highest BCUT2D eigenvalue weighted by atomic mass is 16.5. The largest absolute Gasteiger partial charge is 0.493 e. The van der Waals surface area contributed by atoms with Crippen LogP contribution in [0.5, 0.6) is 11.5 Å². The fourth-order valence-corrected chi connectivity index (χ4v) is 1.94. The molecule has 0 amide bonds. The molecule has 4 heteroatoms. The van der Waals surface area contributed by atoms with E-state index in [1.165, 1.54) is 0 Å². The molecule has 0 heterocycles. The summed E-state index contributed by atoms with van der Waals surface area (Å²) >= 11 is 0. The van der Waals surface area contributed by atoms with Crippen LogP contribution in [0.1, 0.15) is 11.1 Å². The van der Waals surface area contributed by atoms with E-state index >= 15 is 0 Å². The zero-order valence-electron chi connectivity index (χ0n) is 12.0. The van der Waals surface area contributed by atoms with Gasteiger partial charge in [0.25, 0.3) is 0 Å². The molecule has 0 aromatic heterocycles. The second-order valence-electron chi connectivity index (χ2n) is 4.41. The van der Waals surface area contributed by atoms with E-state index in [1.807, 2.05) is 18.2 Å². The minimum Gasteiger partial charge on any atom is -0.493 e. The second-order valence-corrected chi connectivity index (χ2v) is 4.41. The van der Waals surface area contributed by atoms with Crippen molar-refractivity contribution in [3.63, 3.8) is 0 Å². The summed E-state index contributed by atoms with van der Waals surface area (Å²) in [5.74, 6) is 1.22. The number of hydrogen-bond acceptors (Lipinski definition) is 4. The monoisotopic (exact) mass is 280 g/mol. The van der Waals surface area contributed by atoms with Gasteiger partial charge in [0.15, 0.2) is 11.5 Å². The minimum atomic E-state index is 0.542. The molecule has 0 aliphatic heterocycles. The van der Waals surface area contributed by atoms with Gasteiger partial charge in [-0.2, -0.15) is 5.26 Å². The molecule has 2 N–H and O–H groups in total. The highest BCUT2D eigenvalue weighted by molar-refractivity contribution is 5.90. The predicted octanol–water partition coefficient (Wildman–Crippen LogP) is 3.35. The summed E-state index contributed by atoms with van der Waals surface area (Å²) < 4.78 is 10.5. The molecule has 0 radical (unpaired) electrons. The smallest absolute Gasteiger partial charge is 0.161 e. The van der Waals surface area contributed by atoms with Crippen LogP contribution in [0.25, 0.3) is 11.6 Å². The molecule has 0 aliphatic carbocycles. The summed E-state index contributed by atoms with van der Waals surface area (Å²) in [5.41, 5.74) is 8.57. The van der Waals surface area contributed by atoms with E-state index in [1.54, 1.807) is 44.6 Å². The van der Waals surface area contributed by atoms with Crippen molar-refractivity contribution in [2.24, 2.45) is 0 Å². The number of nitrogen functional groups attached to an aromatic ring is 1. The summed E-state index contributed by atoms with van der Waals surface area (Å²) in [4.78, 5) is 0. The fourth-order valence-electron chi connectivity index (χ4n) is 1.94. The van der Waals surface area contributed by atoms with Crippen molar-refractivity contribution in [3.05, 3.63) is 53.6 Å². The van der Waals surface area contributed by atoms with E-state index in [0.29, 0.717) is 22.8 Å². The Morgan fingerprint density at radius 3 is 2.29 bits per heavy atom. The molecular formula is C17H16N2O2. The van der Waals surface area contributed by atoms with Gasteiger partial charge in [0.05, 0.1) is 25.9 Å². The molecule has 0 bridgehead atoms. The number of benzene rings is 2. The number of nitriles is 1. The lowest BCUT2D eigenvalue weighted by Crippen LogP contribution is -1.92. The Morgan fingerprint density at radius 1 is 1.05 bits per heavy atom. The third-order valence-electron chi connectivity index (χ3n) is 3.06. The van der Waals surface area contributed by atoms with Crippen LogP contribution < -0.4 is 15.2 Å². The maximum atomic E-state index is 9.37. The van der Waals surface area contributed by atoms with Crippen LogP contribution >= 0.6 is 0 Å². The Morgan fingerprint density at radius 2 is 1.71 bits per heavy atom. The first-order chi connectivity index (χ1) is 10.2. The predicted molar refractivity (Wildman–Crippen MR) is 83.9 cm³/mol. The van der Waals surface area contributed by atoms with Crippen molar-refractivity contribution in [1.29, 1.82) is 5.26 Å². The van der Waals surface area contributed by atoms with Crippen LogP contribution in [0, 0.1) is 11.3 Å². The van der Waals surface area contributed by atoms with Crippen LogP contribution in [0.3, 0.4) is 0 Å². The first-order valence-electron chi connectivity index (χ1n) is 6.37. The second kappa shape index (κ2) is 6.49. The number of methoxy groups -OCH3 is 2. The molecule has 21 heavy (non-hydrogen) atoms. The molecule has 2 aromatic carbocycles.